The van der Waals surface area contributed by atoms with E-state index in [1.165, 1.54) is 5.56 Å². The van der Waals surface area contributed by atoms with Crippen molar-refractivity contribution in [1.29, 1.82) is 0 Å². The van der Waals surface area contributed by atoms with Gasteiger partial charge in [0, 0.05) is 41.8 Å². The number of likely N-dealkylation sites (N-methyl/N-ethyl adjacent to an activating group) is 1. The van der Waals surface area contributed by atoms with Crippen molar-refractivity contribution in [3.63, 3.8) is 0 Å². The fourth-order valence-corrected chi connectivity index (χ4v) is 4.25. The Kier molecular flexibility index (Phi) is 8.98. The molecule has 38 heavy (non-hydrogen) atoms. The third kappa shape index (κ3) is 6.91. The molecular weight excluding hydrogens is 476 g/mol. The van der Waals surface area contributed by atoms with Crippen molar-refractivity contribution in [3.8, 4) is 5.75 Å². The summed E-state index contributed by atoms with van der Waals surface area (Å²) < 4.78 is 13.2. The average Bonchev–Trinajstić information content (AvgIpc) is 3.27. The number of carbonyl (C=O) groups is 2. The number of amides is 1. The Labute approximate surface area is 224 Å². The second-order valence-electron chi connectivity index (χ2n) is 9.26. The van der Waals surface area contributed by atoms with Crippen LogP contribution in [0.1, 0.15) is 30.5 Å². The molecule has 1 amide bonds. The van der Waals surface area contributed by atoms with Crippen molar-refractivity contribution in [2.24, 2.45) is 0 Å². The number of hydrogen-bond acceptors (Lipinski definition) is 4. The van der Waals surface area contributed by atoms with E-state index in [2.05, 4.69) is 12.1 Å². The number of fused-ring (bicyclic) bond motifs is 1. The van der Waals surface area contributed by atoms with Crippen molar-refractivity contribution >= 4 is 28.9 Å². The van der Waals surface area contributed by atoms with Crippen molar-refractivity contribution < 1.29 is 19.1 Å². The molecule has 3 aromatic carbocycles. The number of benzene rings is 3. The summed E-state index contributed by atoms with van der Waals surface area (Å²) in [5.74, 6) is 0.371. The Balaban J connectivity index is 1.57. The summed E-state index contributed by atoms with van der Waals surface area (Å²) in [4.78, 5) is 27.2. The van der Waals surface area contributed by atoms with Crippen LogP contribution < -0.4 is 4.74 Å². The van der Waals surface area contributed by atoms with Crippen molar-refractivity contribution in [2.45, 2.75) is 33.4 Å². The van der Waals surface area contributed by atoms with Gasteiger partial charge in [0.1, 0.15) is 18.9 Å². The highest BCUT2D eigenvalue weighted by Gasteiger charge is 2.16. The predicted molar refractivity (Wildman–Crippen MR) is 151 cm³/mol. The number of carbonyl (C=O) groups excluding carboxylic acids is 2. The minimum Gasteiger partial charge on any atom is -0.489 e. The summed E-state index contributed by atoms with van der Waals surface area (Å²) in [5.41, 5.74) is 4.49. The van der Waals surface area contributed by atoms with E-state index in [9.17, 15) is 9.59 Å². The standard InChI is InChI=1S/C32H34N2O4/c1-4-37-32(36)24(2)19-27-21-34(22-31(35)33(3)18-17-25-11-7-5-8-12-25)30-16-15-28(20-29(27)30)38-23-26-13-9-6-10-14-26/h5-16,19-21H,4,17-18,22-23H2,1-3H3. The number of aromatic nitrogens is 1. The number of nitrogens with zero attached hydrogens (tertiary/aromatic N) is 2. The van der Waals surface area contributed by atoms with Gasteiger partial charge in [-0.2, -0.15) is 0 Å². The monoisotopic (exact) mass is 510 g/mol. The molecule has 0 radical (unpaired) electrons. The van der Waals surface area contributed by atoms with Crippen LogP contribution in [0.15, 0.2) is 90.6 Å². The normalized spacial score (nSPS) is 11.4. The smallest absolute Gasteiger partial charge is 0.333 e. The van der Waals surface area contributed by atoms with Gasteiger partial charge in [0.15, 0.2) is 0 Å². The number of esters is 1. The molecular formula is C32H34N2O4. The maximum Gasteiger partial charge on any atom is 0.333 e. The highest BCUT2D eigenvalue weighted by molar-refractivity contribution is 5.98. The van der Waals surface area contributed by atoms with E-state index in [4.69, 9.17) is 9.47 Å². The molecule has 1 aromatic heterocycles. The van der Waals surface area contributed by atoms with E-state index in [1.54, 1.807) is 24.8 Å². The molecule has 4 aromatic rings. The molecule has 1 heterocycles. The maximum absolute atomic E-state index is 13.1. The fraction of sp³-hybridized carbons (Fsp3) is 0.250. The molecule has 196 valence electrons. The lowest BCUT2D eigenvalue weighted by molar-refractivity contribution is -0.138. The van der Waals surface area contributed by atoms with Crippen LogP contribution in [0.4, 0.5) is 0 Å². The first kappa shape index (κ1) is 26.7. The summed E-state index contributed by atoms with van der Waals surface area (Å²) in [7, 11) is 1.83. The van der Waals surface area contributed by atoms with Crippen LogP contribution in [0.5, 0.6) is 5.75 Å². The molecule has 0 aliphatic carbocycles. The van der Waals surface area contributed by atoms with Gasteiger partial charge in [-0.05, 0) is 55.7 Å². The molecule has 0 N–H and O–H groups in total. The van der Waals surface area contributed by atoms with E-state index in [0.29, 0.717) is 31.1 Å². The first-order valence-electron chi connectivity index (χ1n) is 12.9. The number of ether oxygens (including phenoxy) is 2. The van der Waals surface area contributed by atoms with Crippen LogP contribution in [0.2, 0.25) is 0 Å². The topological polar surface area (TPSA) is 60.8 Å². The lowest BCUT2D eigenvalue weighted by Crippen LogP contribution is -2.31. The predicted octanol–water partition coefficient (Wildman–Crippen LogP) is 5.89. The van der Waals surface area contributed by atoms with Gasteiger partial charge >= 0.3 is 5.97 Å². The largest absolute Gasteiger partial charge is 0.489 e. The Morgan fingerprint density at radius 2 is 1.63 bits per heavy atom. The Morgan fingerprint density at radius 1 is 0.947 bits per heavy atom. The quantitative estimate of drug-likeness (QED) is 0.187. The molecule has 0 aliphatic rings. The second kappa shape index (κ2) is 12.8. The first-order valence-corrected chi connectivity index (χ1v) is 12.9. The van der Waals surface area contributed by atoms with Crippen LogP contribution in [0.25, 0.3) is 17.0 Å². The van der Waals surface area contributed by atoms with Crippen LogP contribution in [-0.4, -0.2) is 41.5 Å². The Bertz CT molecular complexity index is 1410. The zero-order chi connectivity index (χ0) is 26.9. The zero-order valence-corrected chi connectivity index (χ0v) is 22.2. The summed E-state index contributed by atoms with van der Waals surface area (Å²) in [6.07, 6.45) is 4.52. The molecule has 0 unspecified atom stereocenters. The summed E-state index contributed by atoms with van der Waals surface area (Å²) in [5, 5.41) is 0.902. The molecule has 0 spiro atoms. The van der Waals surface area contributed by atoms with E-state index in [0.717, 1.165) is 28.5 Å². The maximum atomic E-state index is 13.1. The van der Waals surface area contributed by atoms with Crippen LogP contribution in [0.3, 0.4) is 0 Å². The number of hydrogen-bond donors (Lipinski definition) is 0. The van der Waals surface area contributed by atoms with Crippen LogP contribution in [0, 0.1) is 0 Å². The first-order chi connectivity index (χ1) is 18.4. The van der Waals surface area contributed by atoms with Crippen LogP contribution in [-0.2, 0) is 33.9 Å². The highest BCUT2D eigenvalue weighted by Crippen LogP contribution is 2.29. The molecule has 4 rings (SSSR count). The minimum atomic E-state index is -0.360. The van der Waals surface area contributed by atoms with E-state index in [-0.39, 0.29) is 18.4 Å². The lowest BCUT2D eigenvalue weighted by atomic mass is 10.1. The van der Waals surface area contributed by atoms with E-state index in [1.807, 2.05) is 84.5 Å². The molecule has 0 saturated heterocycles. The third-order valence-electron chi connectivity index (χ3n) is 6.41. The van der Waals surface area contributed by atoms with Crippen LogP contribution >= 0.6 is 0 Å². The molecule has 6 nitrogen and oxygen atoms in total. The molecule has 0 atom stereocenters. The summed E-state index contributed by atoms with van der Waals surface area (Å²) in [6, 6.07) is 26.0. The number of rotatable bonds is 11. The fourth-order valence-electron chi connectivity index (χ4n) is 4.25. The van der Waals surface area contributed by atoms with E-state index >= 15 is 0 Å². The van der Waals surface area contributed by atoms with Crippen molar-refractivity contribution in [3.05, 3.63) is 107 Å². The van der Waals surface area contributed by atoms with Gasteiger partial charge < -0.3 is 18.9 Å². The lowest BCUT2D eigenvalue weighted by Gasteiger charge is -2.18. The Hall–Kier alpha value is -4.32. The molecule has 6 heteroatoms. The average molecular weight is 511 g/mol. The molecule has 0 saturated carbocycles. The summed E-state index contributed by atoms with van der Waals surface area (Å²) >= 11 is 0. The van der Waals surface area contributed by atoms with Gasteiger partial charge in [0.05, 0.1) is 6.61 Å². The van der Waals surface area contributed by atoms with Gasteiger partial charge in [-0.25, -0.2) is 4.79 Å². The van der Waals surface area contributed by atoms with Gasteiger partial charge in [0.2, 0.25) is 5.91 Å². The molecule has 0 aliphatic heterocycles. The van der Waals surface area contributed by atoms with E-state index < -0.39 is 0 Å². The van der Waals surface area contributed by atoms with Gasteiger partial charge in [-0.15, -0.1) is 0 Å². The zero-order valence-electron chi connectivity index (χ0n) is 22.2. The SMILES string of the molecule is CCOC(=O)C(C)=Cc1cn(CC(=O)N(C)CCc2ccccc2)c2ccc(OCc3ccccc3)cc12. The third-order valence-corrected chi connectivity index (χ3v) is 6.41. The highest BCUT2D eigenvalue weighted by atomic mass is 16.5. The Morgan fingerprint density at radius 3 is 2.32 bits per heavy atom. The van der Waals surface area contributed by atoms with Crippen molar-refractivity contribution in [2.75, 3.05) is 20.2 Å². The molecule has 0 bridgehead atoms. The summed E-state index contributed by atoms with van der Waals surface area (Å²) in [6.45, 7) is 5.11. The minimum absolute atomic E-state index is 0.0138. The van der Waals surface area contributed by atoms with Gasteiger partial charge in [-0.3, -0.25) is 4.79 Å². The molecule has 0 fully saturated rings. The van der Waals surface area contributed by atoms with Gasteiger partial charge in [-0.1, -0.05) is 60.7 Å². The van der Waals surface area contributed by atoms with Crippen molar-refractivity contribution in [1.82, 2.24) is 9.47 Å². The second-order valence-corrected chi connectivity index (χ2v) is 9.26. The van der Waals surface area contributed by atoms with Gasteiger partial charge in [0.25, 0.3) is 0 Å².